The lowest BCUT2D eigenvalue weighted by Crippen LogP contribution is -2.11. The van der Waals surface area contributed by atoms with Gasteiger partial charge in [-0.1, -0.05) is 52.0 Å². The fraction of sp³-hybridized carbons (Fsp3) is 0.412. The number of H-pyrrole nitrogens is 1. The normalized spacial score (nSPS) is 11.3. The van der Waals surface area contributed by atoms with E-state index < -0.39 is 0 Å². The summed E-state index contributed by atoms with van der Waals surface area (Å²) in [5, 5.41) is 0. The molecular formula is C17H22N2O. The summed E-state index contributed by atoms with van der Waals surface area (Å²) in [5.41, 5.74) is 3.00. The van der Waals surface area contributed by atoms with Gasteiger partial charge in [0.05, 0.1) is 5.69 Å². The summed E-state index contributed by atoms with van der Waals surface area (Å²) in [6.45, 7) is 8.49. The highest BCUT2D eigenvalue weighted by atomic mass is 16.1. The number of aromatic nitrogens is 2. The monoisotopic (exact) mass is 270 g/mol. The molecule has 0 aliphatic rings. The van der Waals surface area contributed by atoms with Gasteiger partial charge >= 0.3 is 0 Å². The average Bonchev–Trinajstić information content (AvgIpc) is 2.38. The Kier molecular flexibility index (Phi) is 4.38. The van der Waals surface area contributed by atoms with Crippen LogP contribution in [0.5, 0.6) is 0 Å². The van der Waals surface area contributed by atoms with E-state index in [-0.39, 0.29) is 11.5 Å². The summed E-state index contributed by atoms with van der Waals surface area (Å²) in [6, 6.07) is 9.84. The molecule has 0 aliphatic carbocycles. The van der Waals surface area contributed by atoms with Crippen molar-refractivity contribution in [1.29, 1.82) is 0 Å². The van der Waals surface area contributed by atoms with Crippen LogP contribution < -0.4 is 5.56 Å². The van der Waals surface area contributed by atoms with Crippen molar-refractivity contribution in [2.75, 3.05) is 0 Å². The molecule has 1 aromatic heterocycles. The number of rotatable bonds is 4. The minimum Gasteiger partial charge on any atom is -0.307 e. The zero-order chi connectivity index (χ0) is 14.7. The van der Waals surface area contributed by atoms with Gasteiger partial charge in [0, 0.05) is 11.6 Å². The molecule has 1 heterocycles. The van der Waals surface area contributed by atoms with E-state index in [1.165, 1.54) is 5.56 Å². The molecule has 0 saturated heterocycles. The Labute approximate surface area is 120 Å². The molecule has 3 heteroatoms. The topological polar surface area (TPSA) is 45.8 Å². The fourth-order valence-electron chi connectivity index (χ4n) is 2.18. The van der Waals surface area contributed by atoms with Crippen LogP contribution in [0.4, 0.5) is 0 Å². The lowest BCUT2D eigenvalue weighted by molar-refractivity contribution is 0.647. The Morgan fingerprint density at radius 1 is 1.10 bits per heavy atom. The number of nitrogens with zero attached hydrogens (tertiary/aromatic N) is 1. The van der Waals surface area contributed by atoms with Crippen LogP contribution in [0, 0.1) is 5.92 Å². The zero-order valence-electron chi connectivity index (χ0n) is 12.6. The molecule has 0 radical (unpaired) electrons. The van der Waals surface area contributed by atoms with Crippen LogP contribution in [0.25, 0.3) is 11.4 Å². The van der Waals surface area contributed by atoms with E-state index in [2.05, 4.69) is 35.9 Å². The molecule has 0 atom stereocenters. The Morgan fingerprint density at radius 2 is 1.75 bits per heavy atom. The number of aromatic amines is 1. The Balaban J connectivity index is 2.34. The van der Waals surface area contributed by atoms with Gasteiger partial charge in [-0.05, 0) is 23.8 Å². The molecule has 0 spiro atoms. The third-order valence-corrected chi connectivity index (χ3v) is 3.22. The average molecular weight is 270 g/mol. The highest BCUT2D eigenvalue weighted by Gasteiger charge is 2.07. The molecule has 0 fully saturated rings. The SMILES string of the molecule is CC(C)Cc1ccc(-c2nc(C(C)C)cc(=O)[nH]2)cc1. The quantitative estimate of drug-likeness (QED) is 0.919. The molecule has 106 valence electrons. The highest BCUT2D eigenvalue weighted by molar-refractivity contribution is 5.55. The molecule has 3 nitrogen and oxygen atoms in total. The Bertz CT molecular complexity index is 624. The van der Waals surface area contributed by atoms with Gasteiger partial charge in [-0.3, -0.25) is 4.79 Å². The molecule has 1 N–H and O–H groups in total. The maximum atomic E-state index is 11.7. The van der Waals surface area contributed by atoms with E-state index in [9.17, 15) is 4.79 Å². The molecular weight excluding hydrogens is 248 g/mol. The van der Waals surface area contributed by atoms with E-state index in [0.717, 1.165) is 17.7 Å². The van der Waals surface area contributed by atoms with Gasteiger partial charge in [-0.15, -0.1) is 0 Å². The van der Waals surface area contributed by atoms with Gasteiger partial charge in [-0.25, -0.2) is 4.98 Å². The second-order valence-electron chi connectivity index (χ2n) is 5.97. The van der Waals surface area contributed by atoms with Gasteiger partial charge in [0.15, 0.2) is 0 Å². The third-order valence-electron chi connectivity index (χ3n) is 3.22. The van der Waals surface area contributed by atoms with Crippen molar-refractivity contribution in [1.82, 2.24) is 9.97 Å². The van der Waals surface area contributed by atoms with E-state index in [1.807, 2.05) is 26.0 Å². The number of hydrogen-bond acceptors (Lipinski definition) is 2. The maximum Gasteiger partial charge on any atom is 0.251 e. The van der Waals surface area contributed by atoms with Gasteiger partial charge in [-0.2, -0.15) is 0 Å². The lowest BCUT2D eigenvalue weighted by Gasteiger charge is -2.08. The number of benzene rings is 1. The molecule has 20 heavy (non-hydrogen) atoms. The van der Waals surface area contributed by atoms with Crippen LogP contribution in [0.1, 0.15) is 44.9 Å². The first-order chi connectivity index (χ1) is 9.45. The smallest absolute Gasteiger partial charge is 0.251 e. The molecule has 0 aliphatic heterocycles. The standard InChI is InChI=1S/C17H22N2O/c1-11(2)9-13-5-7-14(8-6-13)17-18-15(12(3)4)10-16(20)19-17/h5-8,10-12H,9H2,1-4H3,(H,18,19,20). The van der Waals surface area contributed by atoms with Crippen LogP contribution in [0.15, 0.2) is 35.1 Å². The van der Waals surface area contributed by atoms with Crippen molar-refractivity contribution in [2.24, 2.45) is 5.92 Å². The largest absolute Gasteiger partial charge is 0.307 e. The van der Waals surface area contributed by atoms with Crippen molar-refractivity contribution in [3.8, 4) is 11.4 Å². The summed E-state index contributed by atoms with van der Waals surface area (Å²) >= 11 is 0. The minimum atomic E-state index is -0.0926. The highest BCUT2D eigenvalue weighted by Crippen LogP contribution is 2.18. The van der Waals surface area contributed by atoms with Crippen molar-refractivity contribution in [2.45, 2.75) is 40.0 Å². The first-order valence-electron chi connectivity index (χ1n) is 7.16. The van der Waals surface area contributed by atoms with Crippen LogP contribution in [-0.4, -0.2) is 9.97 Å². The maximum absolute atomic E-state index is 11.7. The first-order valence-corrected chi connectivity index (χ1v) is 7.16. The van der Waals surface area contributed by atoms with Crippen molar-refractivity contribution < 1.29 is 0 Å². The van der Waals surface area contributed by atoms with Crippen LogP contribution in [-0.2, 0) is 6.42 Å². The Morgan fingerprint density at radius 3 is 2.30 bits per heavy atom. The van der Waals surface area contributed by atoms with Crippen LogP contribution in [0.2, 0.25) is 0 Å². The van der Waals surface area contributed by atoms with Gasteiger partial charge in [0.1, 0.15) is 5.82 Å². The van der Waals surface area contributed by atoms with Crippen molar-refractivity contribution in [3.63, 3.8) is 0 Å². The predicted octanol–water partition coefficient (Wildman–Crippen LogP) is 3.76. The van der Waals surface area contributed by atoms with Crippen molar-refractivity contribution in [3.05, 3.63) is 51.9 Å². The molecule has 0 saturated carbocycles. The first kappa shape index (κ1) is 14.5. The Hall–Kier alpha value is -1.90. The van der Waals surface area contributed by atoms with Gasteiger partial charge in [0.25, 0.3) is 5.56 Å². The molecule has 2 aromatic rings. The van der Waals surface area contributed by atoms with Crippen LogP contribution in [0.3, 0.4) is 0 Å². The summed E-state index contributed by atoms with van der Waals surface area (Å²) in [4.78, 5) is 19.1. The minimum absolute atomic E-state index is 0.0926. The van der Waals surface area contributed by atoms with E-state index in [4.69, 9.17) is 0 Å². The van der Waals surface area contributed by atoms with Crippen LogP contribution >= 0.6 is 0 Å². The number of nitrogens with one attached hydrogen (secondary N) is 1. The fourth-order valence-corrected chi connectivity index (χ4v) is 2.18. The molecule has 0 amide bonds. The molecule has 2 rings (SSSR count). The zero-order valence-corrected chi connectivity index (χ0v) is 12.6. The molecule has 1 aromatic carbocycles. The van der Waals surface area contributed by atoms with Gasteiger partial charge < -0.3 is 4.98 Å². The predicted molar refractivity (Wildman–Crippen MR) is 82.9 cm³/mol. The lowest BCUT2D eigenvalue weighted by atomic mass is 10.0. The van der Waals surface area contributed by atoms with E-state index in [1.54, 1.807) is 6.07 Å². The summed E-state index contributed by atoms with van der Waals surface area (Å²) < 4.78 is 0. The third kappa shape index (κ3) is 3.56. The summed E-state index contributed by atoms with van der Waals surface area (Å²) in [5.74, 6) is 1.54. The second-order valence-corrected chi connectivity index (χ2v) is 5.97. The molecule has 0 bridgehead atoms. The summed E-state index contributed by atoms with van der Waals surface area (Å²) in [6.07, 6.45) is 1.07. The number of hydrogen-bond donors (Lipinski definition) is 1. The van der Waals surface area contributed by atoms with Gasteiger partial charge in [0.2, 0.25) is 0 Å². The second kappa shape index (κ2) is 6.04. The van der Waals surface area contributed by atoms with E-state index in [0.29, 0.717) is 11.7 Å². The molecule has 0 unspecified atom stereocenters. The van der Waals surface area contributed by atoms with Crippen molar-refractivity contribution >= 4 is 0 Å². The van der Waals surface area contributed by atoms with E-state index >= 15 is 0 Å². The summed E-state index contributed by atoms with van der Waals surface area (Å²) in [7, 11) is 0.